The molecule has 1 unspecified atom stereocenters. The van der Waals surface area contributed by atoms with E-state index in [-0.39, 0.29) is 6.10 Å². The van der Waals surface area contributed by atoms with Crippen LogP contribution < -0.4 is 5.73 Å². The minimum absolute atomic E-state index is 0.289. The standard InChI is InChI=1S/C17H28N2O/c1-17(2,3)14-8-6-12(7-9-14)15(20)11-13-5-4-10-19-16(13)18/h4-5,10,12,14-15,20H,6-9,11H2,1-3H3,(H2,18,19). The normalized spacial score (nSPS) is 25.4. The van der Waals surface area contributed by atoms with Crippen molar-refractivity contribution >= 4 is 5.82 Å². The molecule has 0 amide bonds. The molecule has 0 aromatic carbocycles. The zero-order valence-electron chi connectivity index (χ0n) is 13.0. The lowest BCUT2D eigenvalue weighted by molar-refractivity contribution is 0.0537. The average Bonchev–Trinajstić information content (AvgIpc) is 2.40. The summed E-state index contributed by atoms with van der Waals surface area (Å²) < 4.78 is 0. The molecule has 112 valence electrons. The molecule has 20 heavy (non-hydrogen) atoms. The van der Waals surface area contributed by atoms with Gasteiger partial charge < -0.3 is 10.8 Å². The maximum Gasteiger partial charge on any atom is 0.126 e. The predicted octanol–water partition coefficient (Wildman–Crippen LogP) is 3.42. The largest absolute Gasteiger partial charge is 0.392 e. The highest BCUT2D eigenvalue weighted by Gasteiger charge is 2.32. The van der Waals surface area contributed by atoms with E-state index in [1.54, 1.807) is 6.20 Å². The topological polar surface area (TPSA) is 59.1 Å². The molecule has 0 bridgehead atoms. The van der Waals surface area contributed by atoms with Crippen molar-refractivity contribution in [1.29, 1.82) is 0 Å². The van der Waals surface area contributed by atoms with Crippen LogP contribution in [-0.2, 0) is 6.42 Å². The van der Waals surface area contributed by atoms with Gasteiger partial charge in [-0.15, -0.1) is 0 Å². The van der Waals surface area contributed by atoms with E-state index in [2.05, 4.69) is 25.8 Å². The number of nitrogen functional groups attached to an aromatic ring is 1. The van der Waals surface area contributed by atoms with E-state index in [4.69, 9.17) is 5.73 Å². The second-order valence-corrected chi connectivity index (χ2v) is 7.30. The van der Waals surface area contributed by atoms with Crippen molar-refractivity contribution in [3.63, 3.8) is 0 Å². The summed E-state index contributed by atoms with van der Waals surface area (Å²) in [4.78, 5) is 4.09. The molecule has 0 radical (unpaired) electrons. The maximum absolute atomic E-state index is 10.5. The Bertz CT molecular complexity index is 431. The lowest BCUT2D eigenvalue weighted by atomic mass is 9.68. The zero-order chi connectivity index (χ0) is 14.8. The molecule has 3 N–H and O–H groups in total. The first-order chi connectivity index (χ1) is 9.38. The molecule has 1 fully saturated rings. The SMILES string of the molecule is CC(C)(C)C1CCC(C(O)Cc2cccnc2N)CC1. The third-order valence-electron chi connectivity index (χ3n) is 4.90. The highest BCUT2D eigenvalue weighted by atomic mass is 16.3. The summed E-state index contributed by atoms with van der Waals surface area (Å²) in [6.45, 7) is 6.97. The average molecular weight is 276 g/mol. The highest BCUT2D eigenvalue weighted by molar-refractivity contribution is 5.38. The number of aliphatic hydroxyl groups excluding tert-OH is 1. The monoisotopic (exact) mass is 276 g/mol. The summed E-state index contributed by atoms with van der Waals surface area (Å²) in [5.41, 5.74) is 7.22. The van der Waals surface area contributed by atoms with Crippen LogP contribution in [0, 0.1) is 17.3 Å². The number of nitrogens with zero attached hydrogens (tertiary/aromatic N) is 1. The number of anilines is 1. The minimum atomic E-state index is -0.289. The summed E-state index contributed by atoms with van der Waals surface area (Å²) >= 11 is 0. The molecule has 1 aliphatic rings. The Morgan fingerprint density at radius 3 is 2.50 bits per heavy atom. The predicted molar refractivity (Wildman–Crippen MR) is 83.3 cm³/mol. The van der Waals surface area contributed by atoms with Crippen molar-refractivity contribution in [3.05, 3.63) is 23.9 Å². The Morgan fingerprint density at radius 1 is 1.30 bits per heavy atom. The van der Waals surface area contributed by atoms with Crippen LogP contribution in [0.25, 0.3) is 0 Å². The van der Waals surface area contributed by atoms with Gasteiger partial charge in [0.05, 0.1) is 6.10 Å². The number of pyridine rings is 1. The van der Waals surface area contributed by atoms with Gasteiger partial charge in [0, 0.05) is 12.6 Å². The smallest absolute Gasteiger partial charge is 0.126 e. The van der Waals surface area contributed by atoms with Gasteiger partial charge in [0.2, 0.25) is 0 Å². The quantitative estimate of drug-likeness (QED) is 0.889. The summed E-state index contributed by atoms with van der Waals surface area (Å²) in [6, 6.07) is 3.85. The second-order valence-electron chi connectivity index (χ2n) is 7.30. The van der Waals surface area contributed by atoms with Crippen molar-refractivity contribution in [1.82, 2.24) is 4.98 Å². The van der Waals surface area contributed by atoms with Crippen molar-refractivity contribution in [2.45, 2.75) is 59.0 Å². The Hall–Kier alpha value is -1.09. The number of nitrogens with two attached hydrogens (primary N) is 1. The van der Waals surface area contributed by atoms with E-state index < -0.39 is 0 Å². The number of hydrogen-bond donors (Lipinski definition) is 2. The molecule has 3 heteroatoms. The lowest BCUT2D eigenvalue weighted by Gasteiger charge is -2.38. The van der Waals surface area contributed by atoms with E-state index in [9.17, 15) is 5.11 Å². The maximum atomic E-state index is 10.5. The molecule has 3 nitrogen and oxygen atoms in total. The van der Waals surface area contributed by atoms with E-state index >= 15 is 0 Å². The molecule has 0 spiro atoms. The van der Waals surface area contributed by atoms with E-state index in [1.165, 1.54) is 12.8 Å². The summed E-state index contributed by atoms with van der Waals surface area (Å²) in [5.74, 6) is 1.75. The molecule has 1 aromatic heterocycles. The molecule has 1 aromatic rings. The third kappa shape index (κ3) is 3.72. The Morgan fingerprint density at radius 2 is 1.95 bits per heavy atom. The molecule has 0 saturated heterocycles. The first kappa shape index (κ1) is 15.3. The number of hydrogen-bond acceptors (Lipinski definition) is 3. The van der Waals surface area contributed by atoms with Crippen LogP contribution in [0.15, 0.2) is 18.3 Å². The molecule has 1 atom stereocenters. The van der Waals surface area contributed by atoms with Gasteiger partial charge in [0.25, 0.3) is 0 Å². The fourth-order valence-corrected chi connectivity index (χ4v) is 3.39. The fraction of sp³-hybridized carbons (Fsp3) is 0.706. The third-order valence-corrected chi connectivity index (χ3v) is 4.90. The van der Waals surface area contributed by atoms with Gasteiger partial charge in [-0.3, -0.25) is 0 Å². The zero-order valence-corrected chi connectivity index (χ0v) is 13.0. The van der Waals surface area contributed by atoms with E-state index in [0.29, 0.717) is 23.6 Å². The van der Waals surface area contributed by atoms with Gasteiger partial charge in [-0.2, -0.15) is 0 Å². The van der Waals surface area contributed by atoms with Crippen LogP contribution in [0.4, 0.5) is 5.82 Å². The van der Waals surface area contributed by atoms with Crippen LogP contribution in [0.2, 0.25) is 0 Å². The van der Waals surface area contributed by atoms with Gasteiger partial charge >= 0.3 is 0 Å². The Balaban J connectivity index is 1.89. The number of rotatable bonds is 3. The van der Waals surface area contributed by atoms with Crippen LogP contribution >= 0.6 is 0 Å². The van der Waals surface area contributed by atoms with Crippen LogP contribution in [0.3, 0.4) is 0 Å². The Labute approximate surface area is 122 Å². The van der Waals surface area contributed by atoms with Crippen molar-refractivity contribution in [2.75, 3.05) is 5.73 Å². The van der Waals surface area contributed by atoms with Gasteiger partial charge in [-0.05, 0) is 54.6 Å². The van der Waals surface area contributed by atoms with Gasteiger partial charge in [0.15, 0.2) is 0 Å². The van der Waals surface area contributed by atoms with Gasteiger partial charge in [-0.25, -0.2) is 4.98 Å². The summed E-state index contributed by atoms with van der Waals surface area (Å²) in [5, 5.41) is 10.5. The van der Waals surface area contributed by atoms with Crippen LogP contribution in [0.1, 0.15) is 52.0 Å². The van der Waals surface area contributed by atoms with Crippen molar-refractivity contribution in [3.8, 4) is 0 Å². The second kappa shape index (κ2) is 6.13. The first-order valence-electron chi connectivity index (χ1n) is 7.75. The molecular weight excluding hydrogens is 248 g/mol. The Kier molecular flexibility index (Phi) is 4.69. The number of aliphatic hydroxyl groups is 1. The van der Waals surface area contributed by atoms with Crippen molar-refractivity contribution < 1.29 is 5.11 Å². The molecule has 2 rings (SSSR count). The van der Waals surface area contributed by atoms with Crippen LogP contribution in [0.5, 0.6) is 0 Å². The first-order valence-corrected chi connectivity index (χ1v) is 7.75. The van der Waals surface area contributed by atoms with Gasteiger partial charge in [0.1, 0.15) is 5.82 Å². The molecule has 1 saturated carbocycles. The molecule has 1 heterocycles. The lowest BCUT2D eigenvalue weighted by Crippen LogP contribution is -2.31. The number of aromatic nitrogens is 1. The molecule has 0 aliphatic heterocycles. The highest BCUT2D eigenvalue weighted by Crippen LogP contribution is 2.41. The van der Waals surface area contributed by atoms with E-state index in [0.717, 1.165) is 24.3 Å². The molecular formula is C17H28N2O. The van der Waals surface area contributed by atoms with Crippen molar-refractivity contribution in [2.24, 2.45) is 17.3 Å². The van der Waals surface area contributed by atoms with Gasteiger partial charge in [-0.1, -0.05) is 26.8 Å². The van der Waals surface area contributed by atoms with E-state index in [1.807, 2.05) is 12.1 Å². The van der Waals surface area contributed by atoms with Crippen LogP contribution in [-0.4, -0.2) is 16.2 Å². The summed E-state index contributed by atoms with van der Waals surface area (Å²) in [7, 11) is 0. The minimum Gasteiger partial charge on any atom is -0.392 e. The molecule has 1 aliphatic carbocycles. The summed E-state index contributed by atoms with van der Waals surface area (Å²) in [6.07, 6.45) is 6.75. The fourth-order valence-electron chi connectivity index (χ4n) is 3.39.